The van der Waals surface area contributed by atoms with E-state index in [9.17, 15) is 0 Å². The van der Waals surface area contributed by atoms with Crippen LogP contribution in [0.5, 0.6) is 0 Å². The van der Waals surface area contributed by atoms with E-state index in [0.717, 1.165) is 77.2 Å². The Labute approximate surface area is 381 Å². The van der Waals surface area contributed by atoms with Crippen molar-refractivity contribution >= 4 is 32.3 Å². The van der Waals surface area contributed by atoms with E-state index in [2.05, 4.69) is 109 Å². The molecular formula is C60H38N6. The van der Waals surface area contributed by atoms with Crippen molar-refractivity contribution in [1.29, 1.82) is 0 Å². The molecule has 0 spiro atoms. The quantitative estimate of drug-likeness (QED) is 0.142. The summed E-state index contributed by atoms with van der Waals surface area (Å²) in [5.41, 5.74) is 9.96. The van der Waals surface area contributed by atoms with Crippen LogP contribution in [-0.4, -0.2) is 29.9 Å². The lowest BCUT2D eigenvalue weighted by Crippen LogP contribution is -2.01. The van der Waals surface area contributed by atoms with Crippen LogP contribution in [0.3, 0.4) is 0 Å². The maximum atomic E-state index is 5.16. The molecule has 0 unspecified atom stereocenters. The van der Waals surface area contributed by atoms with Crippen LogP contribution in [0.25, 0.3) is 123 Å². The Morgan fingerprint density at radius 1 is 0.197 bits per heavy atom. The molecule has 0 saturated carbocycles. The molecule has 0 fully saturated rings. The molecule has 0 aliphatic carbocycles. The summed E-state index contributed by atoms with van der Waals surface area (Å²) in [4.78, 5) is 30.6. The Kier molecular flexibility index (Phi) is 9.73. The SMILES string of the molecule is c1ccc(-c2nc(-c3ccccc3)nc(-c3ccc4c(-c5cccc6ccccc56)c5cc(-c6nc(-c7ccccc7)nc(-c7ccccc7)n6)ccc5c(-c5ccccc5)c4c3)n2)cc1. The molecule has 308 valence electrons. The largest absolute Gasteiger partial charge is 0.208 e. The topological polar surface area (TPSA) is 77.3 Å². The monoisotopic (exact) mass is 842 g/mol. The van der Waals surface area contributed by atoms with Gasteiger partial charge in [0.15, 0.2) is 34.9 Å². The number of nitrogens with zero attached hydrogens (tertiary/aromatic N) is 6. The standard InChI is InChI=1S/C60H38N6/c1-6-20-40(21-7-1)53-49-35-33-46(60-65-57(43-26-12-4-13-27-43)62-58(66-60)44-28-14-5-15-29-44)38-52(49)54(48-32-18-30-39-19-16-17-31-47(39)48)50-36-34-45(37-51(50)53)59-63-55(41-22-8-2-9-23-41)61-56(64-59)42-24-10-3-11-25-42/h1-38H. The Hall–Kier alpha value is -9.00. The van der Waals surface area contributed by atoms with Crippen molar-refractivity contribution in [2.75, 3.05) is 0 Å². The normalized spacial score (nSPS) is 11.3. The van der Waals surface area contributed by atoms with Crippen LogP contribution in [0.15, 0.2) is 231 Å². The van der Waals surface area contributed by atoms with E-state index in [-0.39, 0.29) is 0 Å². The van der Waals surface area contributed by atoms with Crippen molar-refractivity contribution in [3.8, 4) is 90.6 Å². The van der Waals surface area contributed by atoms with E-state index in [0.29, 0.717) is 34.9 Å². The average molecular weight is 843 g/mol. The van der Waals surface area contributed by atoms with Gasteiger partial charge < -0.3 is 0 Å². The van der Waals surface area contributed by atoms with Gasteiger partial charge in [0.25, 0.3) is 0 Å². The highest BCUT2D eigenvalue weighted by Gasteiger charge is 2.22. The minimum atomic E-state index is 0.600. The first-order valence-electron chi connectivity index (χ1n) is 22.0. The Morgan fingerprint density at radius 2 is 0.530 bits per heavy atom. The summed E-state index contributed by atoms with van der Waals surface area (Å²) in [6, 6.07) is 79.7. The zero-order valence-electron chi connectivity index (χ0n) is 35.6. The van der Waals surface area contributed by atoms with Gasteiger partial charge in [0.2, 0.25) is 0 Å². The molecule has 0 saturated heterocycles. The zero-order chi connectivity index (χ0) is 43.8. The van der Waals surface area contributed by atoms with Gasteiger partial charge in [0, 0.05) is 33.4 Å². The number of benzene rings is 10. The summed E-state index contributed by atoms with van der Waals surface area (Å²) in [5.74, 6) is 3.68. The van der Waals surface area contributed by atoms with Crippen molar-refractivity contribution in [1.82, 2.24) is 29.9 Å². The molecule has 12 aromatic rings. The first kappa shape index (κ1) is 38.7. The highest BCUT2D eigenvalue weighted by molar-refractivity contribution is 6.24. The average Bonchev–Trinajstić information content (AvgIpc) is 3.40. The molecule has 10 aromatic carbocycles. The van der Waals surface area contributed by atoms with Gasteiger partial charge in [0.1, 0.15) is 0 Å². The van der Waals surface area contributed by atoms with Crippen LogP contribution in [0.1, 0.15) is 0 Å². The van der Waals surface area contributed by atoms with Crippen molar-refractivity contribution < 1.29 is 0 Å². The van der Waals surface area contributed by atoms with E-state index in [1.54, 1.807) is 0 Å². The smallest absolute Gasteiger partial charge is 0.164 e. The van der Waals surface area contributed by atoms with Crippen LogP contribution in [0, 0.1) is 0 Å². The van der Waals surface area contributed by atoms with Gasteiger partial charge in [-0.15, -0.1) is 0 Å². The highest BCUT2D eigenvalue weighted by atomic mass is 15.0. The molecule has 6 nitrogen and oxygen atoms in total. The second-order valence-electron chi connectivity index (χ2n) is 16.2. The number of rotatable bonds is 8. The predicted octanol–water partition coefficient (Wildman–Crippen LogP) is 14.9. The molecule has 2 aromatic heterocycles. The van der Waals surface area contributed by atoms with Crippen LogP contribution < -0.4 is 0 Å². The summed E-state index contributed by atoms with van der Waals surface area (Å²) >= 11 is 0. The fourth-order valence-corrected chi connectivity index (χ4v) is 9.03. The highest BCUT2D eigenvalue weighted by Crippen LogP contribution is 2.47. The number of hydrogen-bond donors (Lipinski definition) is 0. The predicted molar refractivity (Wildman–Crippen MR) is 269 cm³/mol. The van der Waals surface area contributed by atoms with Gasteiger partial charge >= 0.3 is 0 Å². The number of fused-ring (bicyclic) bond motifs is 3. The molecule has 66 heavy (non-hydrogen) atoms. The Morgan fingerprint density at radius 3 is 0.970 bits per heavy atom. The third-order valence-electron chi connectivity index (χ3n) is 12.2. The molecule has 0 amide bonds. The van der Waals surface area contributed by atoms with Crippen LogP contribution >= 0.6 is 0 Å². The van der Waals surface area contributed by atoms with E-state index >= 15 is 0 Å². The van der Waals surface area contributed by atoms with E-state index in [1.165, 1.54) is 10.8 Å². The first-order valence-corrected chi connectivity index (χ1v) is 22.0. The fraction of sp³-hybridized carbons (Fsp3) is 0. The van der Waals surface area contributed by atoms with Gasteiger partial charge in [-0.3, -0.25) is 0 Å². The van der Waals surface area contributed by atoms with Gasteiger partial charge in [-0.25, -0.2) is 29.9 Å². The van der Waals surface area contributed by atoms with Crippen LogP contribution in [-0.2, 0) is 0 Å². The van der Waals surface area contributed by atoms with E-state index < -0.39 is 0 Å². The molecule has 0 aliphatic heterocycles. The third kappa shape index (κ3) is 7.13. The van der Waals surface area contributed by atoms with Gasteiger partial charge in [0.05, 0.1) is 0 Å². The molecule has 6 heteroatoms. The molecule has 0 atom stereocenters. The maximum absolute atomic E-state index is 5.16. The molecule has 12 rings (SSSR count). The van der Waals surface area contributed by atoms with E-state index in [1.807, 2.05) is 121 Å². The number of aromatic nitrogens is 6. The summed E-state index contributed by atoms with van der Waals surface area (Å²) in [6.45, 7) is 0. The van der Waals surface area contributed by atoms with Crippen molar-refractivity contribution in [2.24, 2.45) is 0 Å². The third-order valence-corrected chi connectivity index (χ3v) is 12.2. The molecule has 2 heterocycles. The van der Waals surface area contributed by atoms with Gasteiger partial charge in [-0.2, -0.15) is 0 Å². The lowest BCUT2D eigenvalue weighted by Gasteiger charge is -2.20. The Bertz CT molecular complexity index is 3610. The maximum Gasteiger partial charge on any atom is 0.164 e. The summed E-state index contributed by atoms with van der Waals surface area (Å²) in [5, 5.41) is 6.71. The first-order chi connectivity index (χ1) is 32.7. The van der Waals surface area contributed by atoms with Crippen molar-refractivity contribution in [2.45, 2.75) is 0 Å². The fourth-order valence-electron chi connectivity index (χ4n) is 9.03. The minimum Gasteiger partial charge on any atom is -0.208 e. The van der Waals surface area contributed by atoms with E-state index in [4.69, 9.17) is 29.9 Å². The molecule has 0 N–H and O–H groups in total. The van der Waals surface area contributed by atoms with Gasteiger partial charge in [-0.05, 0) is 66.7 Å². The molecule has 0 radical (unpaired) electrons. The second-order valence-corrected chi connectivity index (χ2v) is 16.2. The molecule has 0 aliphatic rings. The molecular weight excluding hydrogens is 805 g/mol. The summed E-state index contributed by atoms with van der Waals surface area (Å²) < 4.78 is 0. The molecule has 0 bridgehead atoms. The zero-order valence-corrected chi connectivity index (χ0v) is 35.6. The minimum absolute atomic E-state index is 0.600. The van der Waals surface area contributed by atoms with Crippen molar-refractivity contribution in [3.05, 3.63) is 231 Å². The summed E-state index contributed by atoms with van der Waals surface area (Å²) in [6.07, 6.45) is 0. The van der Waals surface area contributed by atoms with Gasteiger partial charge in [-0.1, -0.05) is 218 Å². The van der Waals surface area contributed by atoms with Crippen molar-refractivity contribution in [3.63, 3.8) is 0 Å². The second kappa shape index (κ2) is 16.6. The van der Waals surface area contributed by atoms with Crippen LogP contribution in [0.4, 0.5) is 0 Å². The lowest BCUT2D eigenvalue weighted by atomic mass is 9.83. The Balaban J connectivity index is 1.16. The summed E-state index contributed by atoms with van der Waals surface area (Å²) in [7, 11) is 0. The lowest BCUT2D eigenvalue weighted by molar-refractivity contribution is 1.07. The number of hydrogen-bond acceptors (Lipinski definition) is 6. The van der Waals surface area contributed by atoms with Crippen LogP contribution in [0.2, 0.25) is 0 Å².